The van der Waals surface area contributed by atoms with Gasteiger partial charge in [-0.05, 0) is 38.4 Å². The van der Waals surface area contributed by atoms with Gasteiger partial charge in [-0.3, -0.25) is 4.79 Å². The van der Waals surface area contributed by atoms with Crippen molar-refractivity contribution in [3.63, 3.8) is 0 Å². The number of hydrogen-bond donors (Lipinski definition) is 0. The maximum Gasteiger partial charge on any atom is 1.00 e. The van der Waals surface area contributed by atoms with E-state index in [1.54, 1.807) is 19.2 Å². The minimum Gasteiger partial charge on any atom is -1.00 e. The fourth-order valence-electron chi connectivity index (χ4n) is 3.17. The number of unbranched alkanes of at least 4 members (excludes halogenated alkanes) is 1. The van der Waals surface area contributed by atoms with Crippen molar-refractivity contribution in [3.8, 4) is 23.0 Å². The summed E-state index contributed by atoms with van der Waals surface area (Å²) in [5.74, 6) is 2.89. The zero-order valence-corrected chi connectivity index (χ0v) is 20.6. The van der Waals surface area contributed by atoms with Crippen LogP contribution in [0.15, 0.2) is 36.4 Å². The first-order valence-electron chi connectivity index (χ1n) is 10.4. The summed E-state index contributed by atoms with van der Waals surface area (Å²) >= 11 is 0. The number of benzene rings is 2. The van der Waals surface area contributed by atoms with Crippen molar-refractivity contribution in [1.82, 2.24) is 0 Å². The minimum absolute atomic E-state index is 0. The Hall–Kier alpha value is -1.66. The van der Waals surface area contributed by atoms with Gasteiger partial charge >= 0.3 is 18.9 Å². The molecule has 0 spiro atoms. The molecule has 0 fully saturated rings. The van der Waals surface area contributed by atoms with Crippen LogP contribution in [0.3, 0.4) is 0 Å². The van der Waals surface area contributed by atoms with Crippen LogP contribution in [-0.2, 0) is 0 Å². The van der Waals surface area contributed by atoms with Crippen LogP contribution >= 0.6 is 8.58 Å². The fourth-order valence-corrected chi connectivity index (χ4v) is 4.14. The molecular formula is C24H34LiO5P. The topological polar surface area (TPSA) is 54.0 Å². The molecule has 0 amide bonds. The quantitative estimate of drug-likeness (QED) is 0.354. The number of ether oxygens (including phenoxy) is 4. The predicted octanol–water partition coefficient (Wildman–Crippen LogP) is 2.57. The van der Waals surface area contributed by atoms with E-state index in [4.69, 9.17) is 18.9 Å². The standard InChI is InChI=1S/C24H33O5P.Li.H/c1-6-8-9-17(7-2)16-29-18-10-12-20(13-11-18)30-24(25)23-21(27-4)14-19(26-3)15-22(23)28-5;;/h10-15,17,30H,6-9,16H2,1-5H3;;/q;+1;-1. The molecule has 0 aromatic heterocycles. The largest absolute Gasteiger partial charge is 1.00 e. The SMILES string of the molecule is CCCCC(CC)COc1ccc(PC(=O)c2c(OC)cc(OC)cc2OC)cc1.[H-].[Li+]. The number of rotatable bonds is 13. The van der Waals surface area contributed by atoms with E-state index in [-0.39, 0.29) is 34.4 Å². The van der Waals surface area contributed by atoms with Gasteiger partial charge in [-0.15, -0.1) is 0 Å². The molecule has 5 nitrogen and oxygen atoms in total. The van der Waals surface area contributed by atoms with E-state index in [9.17, 15) is 4.79 Å². The molecule has 2 aromatic carbocycles. The molecule has 0 radical (unpaired) electrons. The van der Waals surface area contributed by atoms with Crippen LogP contribution in [0.2, 0.25) is 0 Å². The zero-order valence-electron chi connectivity index (χ0n) is 20.6. The van der Waals surface area contributed by atoms with Gasteiger partial charge in [-0.2, -0.15) is 0 Å². The summed E-state index contributed by atoms with van der Waals surface area (Å²) < 4.78 is 22.0. The van der Waals surface area contributed by atoms with E-state index >= 15 is 0 Å². The minimum atomic E-state index is -0.0503. The Balaban J connectivity index is 0.00000480. The second-order valence-electron chi connectivity index (χ2n) is 7.11. The molecular weight excluding hydrogens is 406 g/mol. The van der Waals surface area contributed by atoms with Crippen molar-refractivity contribution in [2.75, 3.05) is 27.9 Å². The summed E-state index contributed by atoms with van der Waals surface area (Å²) in [4.78, 5) is 13.0. The number of hydrogen-bond acceptors (Lipinski definition) is 5. The van der Waals surface area contributed by atoms with E-state index in [1.807, 2.05) is 24.3 Å². The molecule has 2 atom stereocenters. The molecule has 0 heterocycles. The number of carbonyl (C=O) groups is 1. The maximum absolute atomic E-state index is 13.0. The molecule has 0 aliphatic carbocycles. The first-order chi connectivity index (χ1) is 14.6. The van der Waals surface area contributed by atoms with Gasteiger partial charge in [0.2, 0.25) is 0 Å². The normalized spacial score (nSPS) is 11.6. The van der Waals surface area contributed by atoms with Crippen molar-refractivity contribution in [1.29, 1.82) is 0 Å². The van der Waals surface area contributed by atoms with Gasteiger partial charge in [0.1, 0.15) is 28.6 Å². The summed E-state index contributed by atoms with van der Waals surface area (Å²) in [5, 5.41) is 0.935. The van der Waals surface area contributed by atoms with Gasteiger partial charge in [-0.25, -0.2) is 0 Å². The second-order valence-corrected chi connectivity index (χ2v) is 8.39. The Morgan fingerprint density at radius 1 is 0.968 bits per heavy atom. The van der Waals surface area contributed by atoms with E-state index in [0.29, 0.717) is 28.7 Å². The third kappa shape index (κ3) is 8.08. The summed E-state index contributed by atoms with van der Waals surface area (Å²) in [6.07, 6.45) is 4.78. The Bertz CT molecular complexity index is 792. The van der Waals surface area contributed by atoms with Gasteiger partial charge in [0.15, 0.2) is 5.52 Å². The van der Waals surface area contributed by atoms with Crippen LogP contribution in [0.5, 0.6) is 23.0 Å². The Morgan fingerprint density at radius 2 is 1.58 bits per heavy atom. The van der Waals surface area contributed by atoms with Gasteiger partial charge in [0, 0.05) is 12.1 Å². The maximum atomic E-state index is 13.0. The molecule has 0 aliphatic heterocycles. The van der Waals surface area contributed by atoms with Crippen molar-refractivity contribution in [2.45, 2.75) is 39.5 Å². The van der Waals surface area contributed by atoms with E-state index in [1.165, 1.54) is 33.5 Å². The first kappa shape index (κ1) is 27.4. The zero-order chi connectivity index (χ0) is 21.9. The van der Waals surface area contributed by atoms with E-state index < -0.39 is 0 Å². The second kappa shape index (κ2) is 14.4. The van der Waals surface area contributed by atoms with Crippen molar-refractivity contribution < 1.29 is 44.0 Å². The molecule has 2 rings (SSSR count). The molecule has 2 unspecified atom stereocenters. The van der Waals surface area contributed by atoms with Crippen LogP contribution < -0.4 is 43.1 Å². The summed E-state index contributed by atoms with van der Waals surface area (Å²) in [6.45, 7) is 5.16. The van der Waals surface area contributed by atoms with Crippen molar-refractivity contribution >= 4 is 19.4 Å². The molecule has 31 heavy (non-hydrogen) atoms. The summed E-state index contributed by atoms with van der Waals surface area (Å²) in [7, 11) is 4.58. The molecule has 2 aromatic rings. The van der Waals surface area contributed by atoms with Crippen molar-refractivity contribution in [2.24, 2.45) is 5.92 Å². The number of methoxy groups -OCH3 is 3. The van der Waals surface area contributed by atoms with Gasteiger partial charge < -0.3 is 20.4 Å². The predicted molar refractivity (Wildman–Crippen MR) is 125 cm³/mol. The molecule has 166 valence electrons. The smallest absolute Gasteiger partial charge is 1.00 e. The van der Waals surface area contributed by atoms with E-state index in [0.717, 1.165) is 24.1 Å². The third-order valence-electron chi connectivity index (χ3n) is 5.08. The molecule has 7 heteroatoms. The third-order valence-corrected chi connectivity index (χ3v) is 6.18. The molecule has 0 saturated heterocycles. The Morgan fingerprint density at radius 3 is 2.06 bits per heavy atom. The fraction of sp³-hybridized carbons (Fsp3) is 0.458. The first-order valence-corrected chi connectivity index (χ1v) is 11.4. The van der Waals surface area contributed by atoms with Gasteiger partial charge in [0.05, 0.1) is 27.9 Å². The number of carbonyl (C=O) groups excluding carboxylic acids is 1. The van der Waals surface area contributed by atoms with Gasteiger partial charge in [0.25, 0.3) is 0 Å². The summed E-state index contributed by atoms with van der Waals surface area (Å²) in [5.41, 5.74) is 0.381. The Labute approximate surface area is 201 Å². The molecule has 0 aliphatic rings. The monoisotopic (exact) mass is 440 g/mol. The van der Waals surface area contributed by atoms with Crippen LogP contribution in [0, 0.1) is 5.92 Å². The van der Waals surface area contributed by atoms with Crippen molar-refractivity contribution in [3.05, 3.63) is 42.0 Å². The van der Waals surface area contributed by atoms with Crippen LogP contribution in [0.1, 0.15) is 51.3 Å². The molecule has 0 bridgehead atoms. The average molecular weight is 440 g/mol. The molecule has 0 saturated carbocycles. The van der Waals surface area contributed by atoms with Gasteiger partial charge in [-0.1, -0.05) is 45.2 Å². The van der Waals surface area contributed by atoms with Crippen LogP contribution in [0.4, 0.5) is 0 Å². The summed E-state index contributed by atoms with van der Waals surface area (Å²) in [6, 6.07) is 11.2. The average Bonchev–Trinajstić information content (AvgIpc) is 2.79. The van der Waals surface area contributed by atoms with E-state index in [2.05, 4.69) is 13.8 Å². The van der Waals surface area contributed by atoms with Crippen LogP contribution in [0.25, 0.3) is 0 Å². The molecule has 0 N–H and O–H groups in total. The van der Waals surface area contributed by atoms with Crippen LogP contribution in [-0.4, -0.2) is 33.5 Å². The Kier molecular flexibility index (Phi) is 12.7.